The van der Waals surface area contributed by atoms with Crippen LogP contribution in [0.1, 0.15) is 29.8 Å². The Morgan fingerprint density at radius 1 is 1.08 bits per heavy atom. The number of benzene rings is 2. The lowest BCUT2D eigenvalue weighted by Gasteiger charge is -2.14. The number of carbonyl (C=O) groups is 3. The maximum absolute atomic E-state index is 12.2. The van der Waals surface area contributed by atoms with Gasteiger partial charge in [-0.15, -0.1) is 0 Å². The Morgan fingerprint density at radius 3 is 2.50 bits per heavy atom. The molecule has 0 fully saturated rings. The number of amides is 1. The maximum Gasteiger partial charge on any atom is 0.311 e. The third kappa shape index (κ3) is 5.44. The van der Waals surface area contributed by atoms with Crippen molar-refractivity contribution in [1.82, 2.24) is 0 Å². The van der Waals surface area contributed by atoms with Crippen LogP contribution < -0.4 is 10.1 Å². The Kier molecular flexibility index (Phi) is 6.49. The predicted octanol–water partition coefficient (Wildman–Crippen LogP) is 3.01. The number of methoxy groups -OCH3 is 1. The van der Waals surface area contributed by atoms with Gasteiger partial charge in [-0.3, -0.25) is 14.4 Å². The van der Waals surface area contributed by atoms with Gasteiger partial charge in [0.2, 0.25) is 0 Å². The van der Waals surface area contributed by atoms with Crippen LogP contribution in [0.3, 0.4) is 0 Å². The standard InChI is InChI=1S/C20H21NO5/c1-13(22)16-7-5-8-17(12-16)21-20(24)14(2)26-19(23)11-15-6-4-9-18(10-15)25-3/h4-10,12,14H,11H2,1-3H3,(H,21,24)/t14-/m0/s1. The summed E-state index contributed by atoms with van der Waals surface area (Å²) < 4.78 is 10.3. The maximum atomic E-state index is 12.2. The number of anilines is 1. The van der Waals surface area contributed by atoms with Crippen molar-refractivity contribution in [2.24, 2.45) is 0 Å². The molecule has 0 radical (unpaired) electrons. The quantitative estimate of drug-likeness (QED) is 0.610. The summed E-state index contributed by atoms with van der Waals surface area (Å²) in [5.74, 6) is -0.437. The van der Waals surface area contributed by atoms with Crippen molar-refractivity contribution >= 4 is 23.3 Å². The number of nitrogens with one attached hydrogen (secondary N) is 1. The van der Waals surface area contributed by atoms with Crippen molar-refractivity contribution in [3.05, 3.63) is 59.7 Å². The zero-order chi connectivity index (χ0) is 19.1. The summed E-state index contributed by atoms with van der Waals surface area (Å²) >= 11 is 0. The minimum Gasteiger partial charge on any atom is -0.497 e. The van der Waals surface area contributed by atoms with Gasteiger partial charge in [0, 0.05) is 11.3 Å². The van der Waals surface area contributed by atoms with Crippen molar-refractivity contribution in [1.29, 1.82) is 0 Å². The molecule has 0 saturated heterocycles. The van der Waals surface area contributed by atoms with Gasteiger partial charge in [-0.05, 0) is 43.7 Å². The first kappa shape index (κ1) is 19.2. The molecule has 2 rings (SSSR count). The molecule has 0 aliphatic carbocycles. The molecule has 26 heavy (non-hydrogen) atoms. The van der Waals surface area contributed by atoms with Crippen LogP contribution >= 0.6 is 0 Å². The fourth-order valence-electron chi connectivity index (χ4n) is 2.30. The minimum absolute atomic E-state index is 0.0364. The van der Waals surface area contributed by atoms with Gasteiger partial charge in [-0.2, -0.15) is 0 Å². The summed E-state index contributed by atoms with van der Waals surface area (Å²) in [5.41, 5.74) is 1.69. The molecule has 2 aromatic carbocycles. The third-order valence-electron chi connectivity index (χ3n) is 3.70. The largest absolute Gasteiger partial charge is 0.497 e. The highest BCUT2D eigenvalue weighted by Crippen LogP contribution is 2.14. The lowest BCUT2D eigenvalue weighted by atomic mass is 10.1. The molecule has 6 heteroatoms. The molecule has 0 bridgehead atoms. The van der Waals surface area contributed by atoms with E-state index < -0.39 is 18.0 Å². The van der Waals surface area contributed by atoms with E-state index in [9.17, 15) is 14.4 Å². The molecule has 1 N–H and O–H groups in total. The number of rotatable bonds is 7. The third-order valence-corrected chi connectivity index (χ3v) is 3.70. The van der Waals surface area contributed by atoms with E-state index in [4.69, 9.17) is 9.47 Å². The van der Waals surface area contributed by atoms with E-state index in [-0.39, 0.29) is 12.2 Å². The molecule has 0 saturated carbocycles. The highest BCUT2D eigenvalue weighted by atomic mass is 16.5. The van der Waals surface area contributed by atoms with E-state index in [0.717, 1.165) is 5.56 Å². The lowest BCUT2D eigenvalue weighted by molar-refractivity contribution is -0.152. The number of Topliss-reactive ketones (excluding diaryl/α,β-unsaturated/α-hetero) is 1. The van der Waals surface area contributed by atoms with Gasteiger partial charge < -0.3 is 14.8 Å². The number of hydrogen-bond donors (Lipinski definition) is 1. The SMILES string of the molecule is COc1cccc(CC(=O)O[C@@H](C)C(=O)Nc2cccc(C(C)=O)c2)c1. The summed E-state index contributed by atoms with van der Waals surface area (Å²) in [4.78, 5) is 35.6. The first-order valence-corrected chi connectivity index (χ1v) is 8.13. The van der Waals surface area contributed by atoms with Crippen LogP contribution in [-0.2, 0) is 20.7 Å². The number of hydrogen-bond acceptors (Lipinski definition) is 5. The van der Waals surface area contributed by atoms with Crippen LogP contribution in [-0.4, -0.2) is 30.9 Å². The molecule has 1 atom stereocenters. The second kappa shape index (κ2) is 8.80. The summed E-state index contributed by atoms with van der Waals surface area (Å²) in [6.07, 6.45) is -0.927. The summed E-state index contributed by atoms with van der Waals surface area (Å²) in [6, 6.07) is 13.6. The number of ketones is 1. The fraction of sp³-hybridized carbons (Fsp3) is 0.250. The lowest BCUT2D eigenvalue weighted by Crippen LogP contribution is -2.30. The molecule has 6 nitrogen and oxygen atoms in total. The molecule has 136 valence electrons. The second-order valence-corrected chi connectivity index (χ2v) is 5.79. The molecule has 1 amide bonds. The number of esters is 1. The molecule has 0 aliphatic heterocycles. The van der Waals surface area contributed by atoms with Crippen molar-refractivity contribution < 1.29 is 23.9 Å². The van der Waals surface area contributed by atoms with Crippen LogP contribution in [0, 0.1) is 0 Å². The van der Waals surface area contributed by atoms with Crippen LogP contribution in [0.25, 0.3) is 0 Å². The molecule has 0 unspecified atom stereocenters. The van der Waals surface area contributed by atoms with Crippen LogP contribution in [0.5, 0.6) is 5.75 Å². The Labute approximate surface area is 152 Å². The van der Waals surface area contributed by atoms with E-state index in [0.29, 0.717) is 17.0 Å². The topological polar surface area (TPSA) is 81.7 Å². The van der Waals surface area contributed by atoms with Crippen molar-refractivity contribution in [3.8, 4) is 5.75 Å². The molecule has 0 heterocycles. The normalized spacial score (nSPS) is 11.3. The molecule has 0 aromatic heterocycles. The number of ether oxygens (including phenoxy) is 2. The van der Waals surface area contributed by atoms with Gasteiger partial charge >= 0.3 is 5.97 Å². The average molecular weight is 355 g/mol. The van der Waals surface area contributed by atoms with Gasteiger partial charge in [0.15, 0.2) is 11.9 Å². The van der Waals surface area contributed by atoms with E-state index in [2.05, 4.69) is 5.32 Å². The second-order valence-electron chi connectivity index (χ2n) is 5.79. The molecule has 2 aromatic rings. The van der Waals surface area contributed by atoms with E-state index in [1.165, 1.54) is 13.8 Å². The van der Waals surface area contributed by atoms with Gasteiger partial charge in [0.05, 0.1) is 13.5 Å². The minimum atomic E-state index is -0.964. The predicted molar refractivity (Wildman–Crippen MR) is 97.3 cm³/mol. The summed E-state index contributed by atoms with van der Waals surface area (Å²) in [5, 5.41) is 2.64. The van der Waals surface area contributed by atoms with E-state index in [1.807, 2.05) is 0 Å². The molecular weight excluding hydrogens is 334 g/mol. The van der Waals surface area contributed by atoms with Gasteiger partial charge in [0.25, 0.3) is 5.91 Å². The van der Waals surface area contributed by atoms with Crippen molar-refractivity contribution in [3.63, 3.8) is 0 Å². The molecular formula is C20H21NO5. The first-order chi connectivity index (χ1) is 12.4. The van der Waals surface area contributed by atoms with Crippen molar-refractivity contribution in [2.75, 3.05) is 12.4 Å². The van der Waals surface area contributed by atoms with Crippen LogP contribution in [0.4, 0.5) is 5.69 Å². The average Bonchev–Trinajstić information content (AvgIpc) is 2.61. The van der Waals surface area contributed by atoms with E-state index in [1.54, 1.807) is 55.6 Å². The first-order valence-electron chi connectivity index (χ1n) is 8.13. The van der Waals surface area contributed by atoms with Gasteiger partial charge in [0.1, 0.15) is 5.75 Å². The van der Waals surface area contributed by atoms with E-state index >= 15 is 0 Å². The fourth-order valence-corrected chi connectivity index (χ4v) is 2.30. The van der Waals surface area contributed by atoms with Gasteiger partial charge in [-0.25, -0.2) is 0 Å². The molecule has 0 aliphatic rings. The monoisotopic (exact) mass is 355 g/mol. The highest BCUT2D eigenvalue weighted by Gasteiger charge is 2.18. The van der Waals surface area contributed by atoms with Crippen molar-refractivity contribution in [2.45, 2.75) is 26.4 Å². The summed E-state index contributed by atoms with van der Waals surface area (Å²) in [7, 11) is 1.55. The Morgan fingerprint density at radius 2 is 1.81 bits per heavy atom. The Hall–Kier alpha value is -3.15. The van der Waals surface area contributed by atoms with Crippen LogP contribution in [0.15, 0.2) is 48.5 Å². The highest BCUT2D eigenvalue weighted by molar-refractivity contribution is 5.98. The zero-order valence-corrected chi connectivity index (χ0v) is 14.9. The molecule has 0 spiro atoms. The Bertz CT molecular complexity index is 815. The smallest absolute Gasteiger partial charge is 0.311 e. The zero-order valence-electron chi connectivity index (χ0n) is 14.9. The van der Waals surface area contributed by atoms with Crippen LogP contribution in [0.2, 0.25) is 0 Å². The Balaban J connectivity index is 1.92. The number of carbonyl (C=O) groups excluding carboxylic acids is 3. The van der Waals surface area contributed by atoms with Gasteiger partial charge in [-0.1, -0.05) is 24.3 Å². The summed E-state index contributed by atoms with van der Waals surface area (Å²) in [6.45, 7) is 2.94.